The molecule has 2 aromatic rings. The first kappa shape index (κ1) is 21.2. The van der Waals surface area contributed by atoms with Crippen LogP contribution in [-0.4, -0.2) is 48.4 Å². The summed E-state index contributed by atoms with van der Waals surface area (Å²) in [4.78, 5) is 27.7. The van der Waals surface area contributed by atoms with E-state index in [1.807, 2.05) is 20.8 Å². The lowest BCUT2D eigenvalue weighted by Gasteiger charge is -2.20. The second-order valence-electron chi connectivity index (χ2n) is 7.04. The van der Waals surface area contributed by atoms with E-state index in [1.54, 1.807) is 25.3 Å². The molecule has 0 atom stereocenters. The van der Waals surface area contributed by atoms with Gasteiger partial charge in [-0.2, -0.15) is 4.98 Å². The van der Waals surface area contributed by atoms with Crippen LogP contribution in [0.5, 0.6) is 11.5 Å². The number of aryl methyl sites for hydroxylation is 1. The molecule has 1 aromatic carbocycles. The zero-order chi connectivity index (χ0) is 20.7. The van der Waals surface area contributed by atoms with Gasteiger partial charge in [0, 0.05) is 17.5 Å². The van der Waals surface area contributed by atoms with Gasteiger partial charge in [-0.05, 0) is 39.0 Å². The zero-order valence-electron chi connectivity index (χ0n) is 16.7. The highest BCUT2D eigenvalue weighted by Gasteiger charge is 2.16. The number of amides is 1. The van der Waals surface area contributed by atoms with Gasteiger partial charge in [-0.15, -0.1) is 0 Å². The molecule has 1 amide bonds. The maximum atomic E-state index is 11.8. The average molecular weight is 391 g/mol. The Kier molecular flexibility index (Phi) is 6.97. The number of benzene rings is 1. The van der Waals surface area contributed by atoms with Crippen LogP contribution in [0.25, 0.3) is 11.4 Å². The minimum Gasteiger partial charge on any atom is -0.493 e. The van der Waals surface area contributed by atoms with Crippen molar-refractivity contribution in [3.05, 3.63) is 24.1 Å². The van der Waals surface area contributed by atoms with E-state index in [0.717, 1.165) is 0 Å². The summed E-state index contributed by atoms with van der Waals surface area (Å²) in [6, 6.07) is 5.25. The maximum Gasteiger partial charge on any atom is 0.306 e. The number of ether oxygens (including phenoxy) is 3. The SMILES string of the molecule is COc1ccc(-c2noc(CCC(=O)OCC(=O)NC(C)(C)C)n2)cc1OC. The minimum atomic E-state index is -0.519. The molecule has 0 aliphatic heterocycles. The van der Waals surface area contributed by atoms with Gasteiger partial charge in [0.25, 0.3) is 5.91 Å². The van der Waals surface area contributed by atoms with E-state index in [1.165, 1.54) is 7.11 Å². The summed E-state index contributed by atoms with van der Waals surface area (Å²) in [5.74, 6) is 0.927. The summed E-state index contributed by atoms with van der Waals surface area (Å²) in [6.07, 6.45) is 0.233. The van der Waals surface area contributed by atoms with Gasteiger partial charge in [-0.25, -0.2) is 0 Å². The number of hydrogen-bond donors (Lipinski definition) is 1. The van der Waals surface area contributed by atoms with Crippen molar-refractivity contribution in [2.24, 2.45) is 0 Å². The third kappa shape index (κ3) is 6.26. The second kappa shape index (κ2) is 9.20. The molecular formula is C19H25N3O6. The van der Waals surface area contributed by atoms with Gasteiger partial charge >= 0.3 is 5.97 Å². The van der Waals surface area contributed by atoms with E-state index in [2.05, 4.69) is 15.5 Å². The van der Waals surface area contributed by atoms with Crippen molar-refractivity contribution in [3.8, 4) is 22.9 Å². The topological polar surface area (TPSA) is 113 Å². The fraction of sp³-hybridized carbons (Fsp3) is 0.474. The number of carbonyl (C=O) groups is 2. The van der Waals surface area contributed by atoms with Crippen LogP contribution in [-0.2, 0) is 20.7 Å². The first-order valence-electron chi connectivity index (χ1n) is 8.73. The molecule has 0 saturated carbocycles. The lowest BCUT2D eigenvalue weighted by molar-refractivity contribution is -0.149. The molecule has 0 spiro atoms. The van der Waals surface area contributed by atoms with Gasteiger partial charge in [0.05, 0.1) is 20.6 Å². The van der Waals surface area contributed by atoms with Crippen molar-refractivity contribution < 1.29 is 28.3 Å². The molecule has 1 aromatic heterocycles. The Balaban J connectivity index is 1.88. The van der Waals surface area contributed by atoms with E-state index in [9.17, 15) is 9.59 Å². The molecule has 0 aliphatic rings. The molecule has 0 bridgehead atoms. The Morgan fingerprint density at radius 2 is 1.86 bits per heavy atom. The van der Waals surface area contributed by atoms with Crippen LogP contribution >= 0.6 is 0 Å². The normalized spacial score (nSPS) is 11.0. The quantitative estimate of drug-likeness (QED) is 0.681. The number of nitrogens with zero attached hydrogens (tertiary/aromatic N) is 2. The number of aromatic nitrogens is 2. The molecule has 9 heteroatoms. The molecule has 9 nitrogen and oxygen atoms in total. The van der Waals surface area contributed by atoms with Crippen molar-refractivity contribution in [2.75, 3.05) is 20.8 Å². The number of hydrogen-bond acceptors (Lipinski definition) is 8. The predicted octanol–water partition coefficient (Wildman–Crippen LogP) is 2.14. The number of rotatable bonds is 8. The summed E-state index contributed by atoms with van der Waals surface area (Å²) in [6.45, 7) is 5.21. The van der Waals surface area contributed by atoms with Crippen LogP contribution in [0, 0.1) is 0 Å². The van der Waals surface area contributed by atoms with E-state index in [0.29, 0.717) is 28.8 Å². The molecule has 0 unspecified atom stereocenters. The van der Waals surface area contributed by atoms with Crippen LogP contribution in [0.2, 0.25) is 0 Å². The zero-order valence-corrected chi connectivity index (χ0v) is 16.7. The molecule has 2 rings (SSSR count). The number of nitrogens with one attached hydrogen (secondary N) is 1. The van der Waals surface area contributed by atoms with E-state index < -0.39 is 5.97 Å². The van der Waals surface area contributed by atoms with Gasteiger partial charge < -0.3 is 24.1 Å². The summed E-state index contributed by atoms with van der Waals surface area (Å²) >= 11 is 0. The highest BCUT2D eigenvalue weighted by Crippen LogP contribution is 2.31. The molecule has 0 saturated heterocycles. The number of esters is 1. The molecule has 1 heterocycles. The Bertz CT molecular complexity index is 825. The van der Waals surface area contributed by atoms with Gasteiger partial charge in [0.15, 0.2) is 18.1 Å². The lowest BCUT2D eigenvalue weighted by atomic mass is 10.1. The van der Waals surface area contributed by atoms with Crippen molar-refractivity contribution >= 4 is 11.9 Å². The smallest absolute Gasteiger partial charge is 0.306 e. The van der Waals surface area contributed by atoms with Crippen molar-refractivity contribution in [1.29, 1.82) is 0 Å². The predicted molar refractivity (Wildman–Crippen MR) is 100 cm³/mol. The molecule has 28 heavy (non-hydrogen) atoms. The molecule has 0 aliphatic carbocycles. The maximum absolute atomic E-state index is 11.8. The summed E-state index contributed by atoms with van der Waals surface area (Å²) in [7, 11) is 3.09. The summed E-state index contributed by atoms with van der Waals surface area (Å²) in [5, 5.41) is 6.62. The molecular weight excluding hydrogens is 366 g/mol. The Hall–Kier alpha value is -3.10. The first-order chi connectivity index (χ1) is 13.2. The van der Waals surface area contributed by atoms with Gasteiger partial charge in [0.2, 0.25) is 11.7 Å². The van der Waals surface area contributed by atoms with E-state index >= 15 is 0 Å². The van der Waals surface area contributed by atoms with Crippen LogP contribution in [0.15, 0.2) is 22.7 Å². The fourth-order valence-corrected chi connectivity index (χ4v) is 2.33. The highest BCUT2D eigenvalue weighted by molar-refractivity contribution is 5.81. The van der Waals surface area contributed by atoms with Gasteiger partial charge in [-0.3, -0.25) is 9.59 Å². The third-order valence-corrected chi connectivity index (χ3v) is 3.53. The Labute approximate surface area is 163 Å². The fourth-order valence-electron chi connectivity index (χ4n) is 2.33. The van der Waals surface area contributed by atoms with Crippen LogP contribution < -0.4 is 14.8 Å². The van der Waals surface area contributed by atoms with Crippen molar-refractivity contribution in [1.82, 2.24) is 15.5 Å². The van der Waals surface area contributed by atoms with Crippen molar-refractivity contribution in [3.63, 3.8) is 0 Å². The van der Waals surface area contributed by atoms with Crippen LogP contribution in [0.4, 0.5) is 0 Å². The van der Waals surface area contributed by atoms with E-state index in [-0.39, 0.29) is 30.9 Å². The molecule has 0 fully saturated rings. The van der Waals surface area contributed by atoms with E-state index in [4.69, 9.17) is 18.7 Å². The number of carbonyl (C=O) groups excluding carboxylic acids is 2. The summed E-state index contributed by atoms with van der Waals surface area (Å²) in [5.41, 5.74) is 0.308. The van der Waals surface area contributed by atoms with Crippen LogP contribution in [0.3, 0.4) is 0 Å². The van der Waals surface area contributed by atoms with Gasteiger partial charge in [0.1, 0.15) is 0 Å². The Morgan fingerprint density at radius 3 is 2.50 bits per heavy atom. The monoisotopic (exact) mass is 391 g/mol. The van der Waals surface area contributed by atoms with Crippen LogP contribution in [0.1, 0.15) is 33.1 Å². The highest BCUT2D eigenvalue weighted by atomic mass is 16.5. The average Bonchev–Trinajstić information content (AvgIpc) is 3.11. The van der Waals surface area contributed by atoms with Crippen molar-refractivity contribution in [2.45, 2.75) is 39.2 Å². The third-order valence-electron chi connectivity index (χ3n) is 3.53. The Morgan fingerprint density at radius 1 is 1.14 bits per heavy atom. The lowest BCUT2D eigenvalue weighted by Crippen LogP contribution is -2.42. The first-order valence-corrected chi connectivity index (χ1v) is 8.73. The minimum absolute atomic E-state index is 0.0242. The molecule has 0 radical (unpaired) electrons. The largest absolute Gasteiger partial charge is 0.493 e. The molecule has 152 valence electrons. The second-order valence-corrected chi connectivity index (χ2v) is 7.04. The van der Waals surface area contributed by atoms with Gasteiger partial charge in [-0.1, -0.05) is 5.16 Å². The standard InChI is InChI=1S/C19H25N3O6/c1-19(2,3)21-15(23)11-27-17(24)9-8-16-20-18(22-28-16)12-6-7-13(25-4)14(10-12)26-5/h6-7,10H,8-9,11H2,1-5H3,(H,21,23). The molecule has 1 N–H and O–H groups in total. The number of methoxy groups -OCH3 is 2. The summed E-state index contributed by atoms with van der Waals surface area (Å²) < 4.78 is 20.6.